The zero-order valence-electron chi connectivity index (χ0n) is 23.1. The maximum Gasteiger partial charge on any atom is 0.200 e. The fourth-order valence-electron chi connectivity index (χ4n) is 5.08. The first-order valence-electron chi connectivity index (χ1n) is 14.3. The van der Waals surface area contributed by atoms with Crippen LogP contribution in [0.2, 0.25) is 0 Å². The van der Waals surface area contributed by atoms with Crippen molar-refractivity contribution in [3.8, 4) is 34.3 Å². The number of benzene rings is 2. The smallest absolute Gasteiger partial charge is 0.200 e. The van der Waals surface area contributed by atoms with Crippen LogP contribution in [-0.2, 0) is 6.42 Å². The first kappa shape index (κ1) is 29.4. The van der Waals surface area contributed by atoms with E-state index >= 15 is 0 Å². The number of methoxy groups -OCH3 is 1. The summed E-state index contributed by atoms with van der Waals surface area (Å²) in [7, 11) is 1.47. The molecule has 0 aliphatic rings. The van der Waals surface area contributed by atoms with Crippen molar-refractivity contribution in [1.82, 2.24) is 0 Å². The summed E-state index contributed by atoms with van der Waals surface area (Å²) in [6, 6.07) is 7.14. The molecule has 0 aliphatic heterocycles. The summed E-state index contributed by atoms with van der Waals surface area (Å²) < 4.78 is 11.3. The first-order valence-corrected chi connectivity index (χ1v) is 14.3. The molecular formula is C32H44O6. The highest BCUT2D eigenvalue weighted by molar-refractivity contribution is 5.87. The molecular weight excluding hydrogens is 480 g/mol. The van der Waals surface area contributed by atoms with Gasteiger partial charge in [-0.2, -0.15) is 0 Å². The summed E-state index contributed by atoms with van der Waals surface area (Å²) >= 11 is 0. The number of aromatic hydroxyl groups is 3. The molecule has 1 heterocycles. The molecule has 0 saturated heterocycles. The van der Waals surface area contributed by atoms with Gasteiger partial charge in [0.15, 0.2) is 5.43 Å². The van der Waals surface area contributed by atoms with E-state index in [4.69, 9.17) is 9.15 Å². The number of phenolic OH excluding ortho intramolecular Hbond substituents is 3. The summed E-state index contributed by atoms with van der Waals surface area (Å²) in [5, 5.41) is 30.8. The molecule has 0 unspecified atom stereocenters. The Morgan fingerprint density at radius 1 is 0.737 bits per heavy atom. The minimum atomic E-state index is -0.316. The molecule has 0 aliphatic carbocycles. The van der Waals surface area contributed by atoms with Crippen LogP contribution in [0.1, 0.15) is 102 Å². The van der Waals surface area contributed by atoms with Crippen molar-refractivity contribution >= 4 is 11.0 Å². The second-order valence-corrected chi connectivity index (χ2v) is 10.3. The van der Waals surface area contributed by atoms with Crippen molar-refractivity contribution in [2.24, 2.45) is 0 Å². The zero-order valence-corrected chi connectivity index (χ0v) is 23.1. The van der Waals surface area contributed by atoms with Gasteiger partial charge in [0.1, 0.15) is 39.7 Å². The van der Waals surface area contributed by atoms with E-state index in [0.29, 0.717) is 23.3 Å². The van der Waals surface area contributed by atoms with Gasteiger partial charge < -0.3 is 24.5 Å². The molecule has 0 bridgehead atoms. The van der Waals surface area contributed by atoms with Gasteiger partial charge in [0.2, 0.25) is 0 Å². The van der Waals surface area contributed by atoms with Crippen molar-refractivity contribution in [2.75, 3.05) is 7.11 Å². The normalized spacial score (nSPS) is 11.3. The highest BCUT2D eigenvalue weighted by Gasteiger charge is 2.21. The van der Waals surface area contributed by atoms with Crippen LogP contribution in [0.4, 0.5) is 0 Å². The van der Waals surface area contributed by atoms with Gasteiger partial charge in [0.05, 0.1) is 12.7 Å². The second-order valence-electron chi connectivity index (χ2n) is 10.3. The average Bonchev–Trinajstić information content (AvgIpc) is 2.89. The Bertz CT molecular complexity index is 1210. The van der Waals surface area contributed by atoms with Crippen LogP contribution in [0, 0.1) is 0 Å². The van der Waals surface area contributed by atoms with Gasteiger partial charge >= 0.3 is 0 Å². The van der Waals surface area contributed by atoms with Crippen LogP contribution in [0.5, 0.6) is 23.0 Å². The Balaban J connectivity index is 1.58. The molecule has 0 spiro atoms. The topological polar surface area (TPSA) is 100 Å². The second kappa shape index (κ2) is 15.3. The van der Waals surface area contributed by atoms with E-state index in [9.17, 15) is 20.1 Å². The van der Waals surface area contributed by atoms with Gasteiger partial charge in [-0.25, -0.2) is 0 Å². The quantitative estimate of drug-likeness (QED) is 0.153. The van der Waals surface area contributed by atoms with E-state index in [1.807, 2.05) is 0 Å². The SMILES string of the molecule is CCCCCCCCCCCCCCCCc1c(-c2ccc(O)cc2O)oc2cc(OC)cc(O)c2c1=O. The fraction of sp³-hybridized carbons (Fsp3) is 0.531. The first-order chi connectivity index (χ1) is 18.5. The number of ether oxygens (including phenoxy) is 1. The van der Waals surface area contributed by atoms with E-state index < -0.39 is 0 Å². The Morgan fingerprint density at radius 2 is 1.32 bits per heavy atom. The summed E-state index contributed by atoms with van der Waals surface area (Å²) in [6.07, 6.45) is 17.9. The lowest BCUT2D eigenvalue weighted by molar-refractivity contribution is 0.408. The van der Waals surface area contributed by atoms with Crippen LogP contribution < -0.4 is 10.2 Å². The van der Waals surface area contributed by atoms with Crippen molar-refractivity contribution in [2.45, 2.75) is 103 Å². The molecule has 3 aromatic rings. The highest BCUT2D eigenvalue weighted by atomic mass is 16.5. The molecule has 0 fully saturated rings. The van der Waals surface area contributed by atoms with Gasteiger partial charge in [0, 0.05) is 23.8 Å². The highest BCUT2D eigenvalue weighted by Crippen LogP contribution is 2.37. The molecule has 0 amide bonds. The third-order valence-corrected chi connectivity index (χ3v) is 7.28. The number of rotatable bonds is 17. The van der Waals surface area contributed by atoms with Crippen molar-refractivity contribution < 1.29 is 24.5 Å². The molecule has 6 heteroatoms. The molecule has 0 saturated carbocycles. The Hall–Kier alpha value is -3.15. The summed E-state index contributed by atoms with van der Waals surface area (Å²) in [5.41, 5.74) is 0.602. The number of unbranched alkanes of at least 4 members (excludes halogenated alkanes) is 13. The Morgan fingerprint density at radius 3 is 1.87 bits per heavy atom. The van der Waals surface area contributed by atoms with Crippen LogP contribution in [-0.4, -0.2) is 22.4 Å². The predicted molar refractivity (Wildman–Crippen MR) is 153 cm³/mol. The maximum absolute atomic E-state index is 13.5. The summed E-state index contributed by atoms with van der Waals surface area (Å²) in [5.74, 6) is 0.155. The summed E-state index contributed by atoms with van der Waals surface area (Å²) in [6.45, 7) is 2.25. The number of phenols is 3. The Labute approximate surface area is 226 Å². The lowest BCUT2D eigenvalue weighted by Crippen LogP contribution is -2.12. The largest absolute Gasteiger partial charge is 0.508 e. The van der Waals surface area contributed by atoms with Crippen LogP contribution >= 0.6 is 0 Å². The Kier molecular flexibility index (Phi) is 11.8. The van der Waals surface area contributed by atoms with Gasteiger partial charge in [-0.05, 0) is 25.0 Å². The molecule has 6 nitrogen and oxygen atoms in total. The van der Waals surface area contributed by atoms with E-state index in [2.05, 4.69) is 6.92 Å². The monoisotopic (exact) mass is 524 g/mol. The third-order valence-electron chi connectivity index (χ3n) is 7.28. The number of hydrogen-bond donors (Lipinski definition) is 3. The summed E-state index contributed by atoms with van der Waals surface area (Å²) in [4.78, 5) is 13.5. The molecule has 38 heavy (non-hydrogen) atoms. The van der Waals surface area contributed by atoms with Crippen molar-refractivity contribution in [3.05, 3.63) is 46.1 Å². The number of fused-ring (bicyclic) bond motifs is 1. The van der Waals surface area contributed by atoms with E-state index in [1.165, 1.54) is 102 Å². The molecule has 2 aromatic carbocycles. The van der Waals surface area contributed by atoms with Crippen LogP contribution in [0.3, 0.4) is 0 Å². The van der Waals surface area contributed by atoms with E-state index in [0.717, 1.165) is 19.3 Å². The van der Waals surface area contributed by atoms with Crippen molar-refractivity contribution in [1.29, 1.82) is 0 Å². The average molecular weight is 525 g/mol. The van der Waals surface area contributed by atoms with Gasteiger partial charge in [-0.1, -0.05) is 90.4 Å². The zero-order chi connectivity index (χ0) is 27.3. The van der Waals surface area contributed by atoms with Gasteiger partial charge in [-0.3, -0.25) is 4.79 Å². The molecule has 3 N–H and O–H groups in total. The number of hydrogen-bond acceptors (Lipinski definition) is 6. The molecule has 0 radical (unpaired) electrons. The van der Waals surface area contributed by atoms with E-state index in [-0.39, 0.29) is 39.4 Å². The van der Waals surface area contributed by atoms with Crippen LogP contribution in [0.15, 0.2) is 39.5 Å². The molecule has 1 aromatic heterocycles. The molecule has 3 rings (SSSR count). The fourth-order valence-corrected chi connectivity index (χ4v) is 5.08. The molecule has 208 valence electrons. The van der Waals surface area contributed by atoms with E-state index in [1.54, 1.807) is 6.07 Å². The minimum absolute atomic E-state index is 0.0813. The lowest BCUT2D eigenvalue weighted by atomic mass is 9.98. The van der Waals surface area contributed by atoms with Crippen molar-refractivity contribution in [3.63, 3.8) is 0 Å². The molecule has 0 atom stereocenters. The van der Waals surface area contributed by atoms with Gasteiger partial charge in [0.25, 0.3) is 0 Å². The third kappa shape index (κ3) is 8.17. The maximum atomic E-state index is 13.5. The predicted octanol–water partition coefficient (Wildman–Crippen LogP) is 8.61. The van der Waals surface area contributed by atoms with Crippen LogP contribution in [0.25, 0.3) is 22.3 Å². The van der Waals surface area contributed by atoms with Gasteiger partial charge in [-0.15, -0.1) is 0 Å². The minimum Gasteiger partial charge on any atom is -0.508 e. The lowest BCUT2D eigenvalue weighted by Gasteiger charge is -2.13. The standard InChI is InChI=1S/C32H44O6/c1-3-4-5-6-7-8-9-10-11-12-13-14-15-16-17-26-31(36)30-28(35)21-24(37-2)22-29(30)38-32(26)25-19-18-23(33)20-27(25)34/h18-22,33-35H,3-17H2,1-2H3.